The van der Waals surface area contributed by atoms with Crippen LogP contribution in [-0.4, -0.2) is 67.1 Å². The minimum Gasteiger partial charge on any atom is -0.379 e. The van der Waals surface area contributed by atoms with Crippen molar-refractivity contribution in [3.05, 3.63) is 47.3 Å². The van der Waals surface area contributed by atoms with Gasteiger partial charge in [-0.1, -0.05) is 18.2 Å². The SMILES string of the molecule is CN=C(NCCN1CCOCC1)NCc1ccccc1-n1nc(C)cc1C. The Morgan fingerprint density at radius 1 is 1.19 bits per heavy atom. The Morgan fingerprint density at radius 2 is 1.96 bits per heavy atom. The maximum atomic E-state index is 5.39. The lowest BCUT2D eigenvalue weighted by molar-refractivity contribution is 0.0389. The van der Waals surface area contributed by atoms with Gasteiger partial charge in [0, 0.05) is 45.5 Å². The second kappa shape index (κ2) is 9.53. The summed E-state index contributed by atoms with van der Waals surface area (Å²) in [6.45, 7) is 10.3. The Kier molecular flexibility index (Phi) is 6.84. The maximum absolute atomic E-state index is 5.39. The van der Waals surface area contributed by atoms with Gasteiger partial charge in [-0.05, 0) is 31.5 Å². The highest BCUT2D eigenvalue weighted by Gasteiger charge is 2.11. The van der Waals surface area contributed by atoms with E-state index in [0.717, 1.165) is 62.4 Å². The van der Waals surface area contributed by atoms with E-state index in [1.807, 2.05) is 17.7 Å². The summed E-state index contributed by atoms with van der Waals surface area (Å²) >= 11 is 0. The topological polar surface area (TPSA) is 66.7 Å². The molecule has 2 heterocycles. The fourth-order valence-corrected chi connectivity index (χ4v) is 3.30. The number of nitrogens with zero attached hydrogens (tertiary/aromatic N) is 4. The average molecular weight is 371 g/mol. The molecule has 1 aliphatic rings. The standard InChI is InChI=1S/C20H30N6O/c1-16-14-17(2)26(24-16)19-7-5-4-6-18(19)15-23-20(21-3)22-8-9-25-10-12-27-13-11-25/h4-7,14H,8-13,15H2,1-3H3,(H2,21,22,23). The number of benzene rings is 1. The Morgan fingerprint density at radius 3 is 2.67 bits per heavy atom. The van der Waals surface area contributed by atoms with E-state index in [9.17, 15) is 0 Å². The molecule has 3 rings (SSSR count). The van der Waals surface area contributed by atoms with Crippen molar-refractivity contribution in [2.75, 3.05) is 46.4 Å². The molecule has 1 aromatic heterocycles. The first kappa shape index (κ1) is 19.4. The van der Waals surface area contributed by atoms with Gasteiger partial charge in [0.1, 0.15) is 0 Å². The van der Waals surface area contributed by atoms with Gasteiger partial charge in [0.2, 0.25) is 0 Å². The molecule has 2 aromatic rings. The van der Waals surface area contributed by atoms with Crippen LogP contribution in [0.4, 0.5) is 0 Å². The molecule has 0 atom stereocenters. The van der Waals surface area contributed by atoms with E-state index in [1.165, 1.54) is 5.56 Å². The number of guanidine groups is 1. The number of para-hydroxylation sites is 1. The van der Waals surface area contributed by atoms with Crippen LogP contribution >= 0.6 is 0 Å². The molecule has 0 saturated carbocycles. The van der Waals surface area contributed by atoms with Crippen molar-refractivity contribution in [1.82, 2.24) is 25.3 Å². The van der Waals surface area contributed by atoms with Gasteiger partial charge in [-0.25, -0.2) is 4.68 Å². The van der Waals surface area contributed by atoms with Crippen molar-refractivity contribution >= 4 is 5.96 Å². The van der Waals surface area contributed by atoms with Crippen LogP contribution in [0.2, 0.25) is 0 Å². The smallest absolute Gasteiger partial charge is 0.191 e. The van der Waals surface area contributed by atoms with Crippen LogP contribution in [0, 0.1) is 13.8 Å². The van der Waals surface area contributed by atoms with Crippen molar-refractivity contribution in [3.63, 3.8) is 0 Å². The number of aliphatic imine (C=N–C) groups is 1. The molecule has 1 fully saturated rings. The first-order valence-corrected chi connectivity index (χ1v) is 9.53. The summed E-state index contributed by atoms with van der Waals surface area (Å²) in [5, 5.41) is 11.4. The highest BCUT2D eigenvalue weighted by molar-refractivity contribution is 5.79. The third-order valence-corrected chi connectivity index (χ3v) is 4.72. The van der Waals surface area contributed by atoms with E-state index < -0.39 is 0 Å². The number of nitrogens with one attached hydrogen (secondary N) is 2. The predicted molar refractivity (Wildman–Crippen MR) is 108 cm³/mol. The highest BCUT2D eigenvalue weighted by atomic mass is 16.5. The fourth-order valence-electron chi connectivity index (χ4n) is 3.30. The van der Waals surface area contributed by atoms with Gasteiger partial charge in [0.25, 0.3) is 0 Å². The van der Waals surface area contributed by atoms with Crippen LogP contribution in [0.25, 0.3) is 5.69 Å². The van der Waals surface area contributed by atoms with Crippen molar-refractivity contribution < 1.29 is 4.74 Å². The van der Waals surface area contributed by atoms with Gasteiger partial charge in [-0.3, -0.25) is 9.89 Å². The summed E-state index contributed by atoms with van der Waals surface area (Å²) in [5.41, 5.74) is 4.43. The number of aromatic nitrogens is 2. The molecule has 146 valence electrons. The van der Waals surface area contributed by atoms with Crippen molar-refractivity contribution in [1.29, 1.82) is 0 Å². The molecular formula is C20H30N6O. The van der Waals surface area contributed by atoms with E-state index in [4.69, 9.17) is 4.74 Å². The number of hydrogen-bond acceptors (Lipinski definition) is 4. The second-order valence-corrected chi connectivity index (χ2v) is 6.77. The molecule has 1 saturated heterocycles. The van der Waals surface area contributed by atoms with E-state index in [0.29, 0.717) is 6.54 Å². The lowest BCUT2D eigenvalue weighted by atomic mass is 10.1. The van der Waals surface area contributed by atoms with Crippen molar-refractivity contribution in [2.45, 2.75) is 20.4 Å². The fraction of sp³-hybridized carbons (Fsp3) is 0.500. The van der Waals surface area contributed by atoms with E-state index in [2.05, 4.69) is 56.8 Å². The zero-order valence-electron chi connectivity index (χ0n) is 16.5. The lowest BCUT2D eigenvalue weighted by Crippen LogP contribution is -2.44. The summed E-state index contributed by atoms with van der Waals surface area (Å²) in [5.74, 6) is 0.812. The van der Waals surface area contributed by atoms with Crippen LogP contribution < -0.4 is 10.6 Å². The van der Waals surface area contributed by atoms with Gasteiger partial charge in [0.15, 0.2) is 5.96 Å². The molecular weight excluding hydrogens is 340 g/mol. The number of ether oxygens (including phenoxy) is 1. The third kappa shape index (κ3) is 5.30. The zero-order valence-corrected chi connectivity index (χ0v) is 16.5. The molecule has 2 N–H and O–H groups in total. The predicted octanol–water partition coefficient (Wildman–Crippen LogP) is 1.49. The normalized spacial score (nSPS) is 15.7. The van der Waals surface area contributed by atoms with Crippen molar-refractivity contribution in [3.8, 4) is 5.69 Å². The average Bonchev–Trinajstić information content (AvgIpc) is 3.03. The number of hydrogen-bond donors (Lipinski definition) is 2. The summed E-state index contributed by atoms with van der Waals surface area (Å²) < 4.78 is 7.39. The molecule has 0 bridgehead atoms. The van der Waals surface area contributed by atoms with Crippen LogP contribution in [0.3, 0.4) is 0 Å². The monoisotopic (exact) mass is 370 g/mol. The molecule has 7 heteroatoms. The van der Waals surface area contributed by atoms with Gasteiger partial charge >= 0.3 is 0 Å². The minimum absolute atomic E-state index is 0.686. The van der Waals surface area contributed by atoms with Crippen LogP contribution in [-0.2, 0) is 11.3 Å². The highest BCUT2D eigenvalue weighted by Crippen LogP contribution is 2.16. The van der Waals surface area contributed by atoms with Gasteiger partial charge in [0.05, 0.1) is 24.6 Å². The minimum atomic E-state index is 0.686. The summed E-state index contributed by atoms with van der Waals surface area (Å²) in [7, 11) is 1.80. The van der Waals surface area contributed by atoms with Gasteiger partial charge in [-0.2, -0.15) is 5.10 Å². The van der Waals surface area contributed by atoms with E-state index >= 15 is 0 Å². The maximum Gasteiger partial charge on any atom is 0.191 e. The summed E-state index contributed by atoms with van der Waals surface area (Å²) in [4.78, 5) is 6.74. The molecule has 0 amide bonds. The Bertz CT molecular complexity index is 764. The largest absolute Gasteiger partial charge is 0.379 e. The number of morpholine rings is 1. The first-order chi connectivity index (χ1) is 13.2. The molecule has 0 unspecified atom stereocenters. The van der Waals surface area contributed by atoms with E-state index in [1.54, 1.807) is 7.05 Å². The van der Waals surface area contributed by atoms with Crippen LogP contribution in [0.1, 0.15) is 17.0 Å². The molecule has 1 aliphatic heterocycles. The lowest BCUT2D eigenvalue weighted by Gasteiger charge is -2.26. The van der Waals surface area contributed by atoms with E-state index in [-0.39, 0.29) is 0 Å². The quantitative estimate of drug-likeness (QED) is 0.596. The number of rotatable bonds is 6. The Hall–Kier alpha value is -2.38. The summed E-state index contributed by atoms with van der Waals surface area (Å²) in [6, 6.07) is 10.4. The Balaban J connectivity index is 1.56. The summed E-state index contributed by atoms with van der Waals surface area (Å²) in [6.07, 6.45) is 0. The number of aryl methyl sites for hydroxylation is 2. The van der Waals surface area contributed by atoms with Crippen molar-refractivity contribution in [2.24, 2.45) is 4.99 Å². The molecule has 27 heavy (non-hydrogen) atoms. The molecule has 0 spiro atoms. The van der Waals surface area contributed by atoms with Gasteiger partial charge in [-0.15, -0.1) is 0 Å². The molecule has 1 aromatic carbocycles. The molecule has 0 radical (unpaired) electrons. The molecule has 7 nitrogen and oxygen atoms in total. The molecule has 0 aliphatic carbocycles. The van der Waals surface area contributed by atoms with Crippen LogP contribution in [0.5, 0.6) is 0 Å². The van der Waals surface area contributed by atoms with Gasteiger partial charge < -0.3 is 15.4 Å². The second-order valence-electron chi connectivity index (χ2n) is 6.77. The Labute approximate surface area is 161 Å². The first-order valence-electron chi connectivity index (χ1n) is 9.53. The van der Waals surface area contributed by atoms with Crippen LogP contribution in [0.15, 0.2) is 35.3 Å². The zero-order chi connectivity index (χ0) is 19.1. The third-order valence-electron chi connectivity index (χ3n) is 4.72.